The Hall–Kier alpha value is -2.58. The highest BCUT2D eigenvalue weighted by Crippen LogP contribution is 2.26. The van der Waals surface area contributed by atoms with Crippen LogP contribution in [0.2, 0.25) is 0 Å². The summed E-state index contributed by atoms with van der Waals surface area (Å²) in [6, 6.07) is 14.2. The fraction of sp³-hybridized carbons (Fsp3) is 0.458. The lowest BCUT2D eigenvalue weighted by Crippen LogP contribution is -2.45. The lowest BCUT2D eigenvalue weighted by molar-refractivity contribution is -0.126. The molecule has 3 rings (SSSR count). The van der Waals surface area contributed by atoms with E-state index in [2.05, 4.69) is 19.2 Å². The van der Waals surface area contributed by atoms with Crippen LogP contribution in [0.25, 0.3) is 0 Å². The van der Waals surface area contributed by atoms with Crippen molar-refractivity contribution in [3.63, 3.8) is 0 Å². The monoisotopic (exact) mass is 460 g/mol. The summed E-state index contributed by atoms with van der Waals surface area (Å²) in [7, 11) is -2.12. The number of carbonyl (C=O) groups is 1. The molecule has 1 amide bonds. The van der Waals surface area contributed by atoms with Crippen LogP contribution in [0, 0.1) is 5.92 Å². The van der Waals surface area contributed by atoms with Gasteiger partial charge >= 0.3 is 0 Å². The summed E-state index contributed by atoms with van der Waals surface area (Å²) in [4.78, 5) is 12.9. The summed E-state index contributed by atoms with van der Waals surface area (Å²) < 4.78 is 38.3. The molecule has 0 bridgehead atoms. The minimum atomic E-state index is -3.65. The molecular formula is C24H32N2O5S. The molecule has 0 spiro atoms. The Kier molecular flexibility index (Phi) is 8.15. The van der Waals surface area contributed by atoms with Gasteiger partial charge in [0.2, 0.25) is 15.9 Å². The smallest absolute Gasteiger partial charge is 0.243 e. The van der Waals surface area contributed by atoms with Gasteiger partial charge in [-0.3, -0.25) is 4.79 Å². The van der Waals surface area contributed by atoms with E-state index < -0.39 is 10.0 Å². The van der Waals surface area contributed by atoms with Crippen LogP contribution in [0.3, 0.4) is 0 Å². The maximum absolute atomic E-state index is 13.0. The van der Waals surface area contributed by atoms with Crippen LogP contribution in [0.4, 0.5) is 0 Å². The van der Waals surface area contributed by atoms with Crippen molar-refractivity contribution in [3.8, 4) is 11.5 Å². The first-order chi connectivity index (χ1) is 15.3. The molecule has 0 aliphatic carbocycles. The van der Waals surface area contributed by atoms with Gasteiger partial charge in [-0.2, -0.15) is 4.31 Å². The zero-order valence-electron chi connectivity index (χ0n) is 18.9. The van der Waals surface area contributed by atoms with Crippen molar-refractivity contribution >= 4 is 15.9 Å². The molecule has 32 heavy (non-hydrogen) atoms. The van der Waals surface area contributed by atoms with Crippen LogP contribution in [-0.2, 0) is 14.8 Å². The zero-order valence-corrected chi connectivity index (χ0v) is 19.7. The molecule has 1 saturated heterocycles. The van der Waals surface area contributed by atoms with Gasteiger partial charge in [0.25, 0.3) is 0 Å². The average molecular weight is 461 g/mol. The van der Waals surface area contributed by atoms with Gasteiger partial charge in [0.05, 0.1) is 24.5 Å². The Morgan fingerprint density at radius 1 is 1.16 bits per heavy atom. The third-order valence-corrected chi connectivity index (χ3v) is 7.53. The average Bonchev–Trinajstić information content (AvgIpc) is 2.82. The summed E-state index contributed by atoms with van der Waals surface area (Å²) in [5, 5.41) is 2.90. The van der Waals surface area contributed by atoms with Crippen LogP contribution >= 0.6 is 0 Å². The van der Waals surface area contributed by atoms with Crippen molar-refractivity contribution in [1.82, 2.24) is 9.62 Å². The number of benzene rings is 2. The Morgan fingerprint density at radius 2 is 1.88 bits per heavy atom. The van der Waals surface area contributed by atoms with E-state index in [9.17, 15) is 13.2 Å². The number of amides is 1. The van der Waals surface area contributed by atoms with E-state index in [-0.39, 0.29) is 23.3 Å². The predicted molar refractivity (Wildman–Crippen MR) is 124 cm³/mol. The first kappa shape index (κ1) is 24.1. The van der Waals surface area contributed by atoms with Crippen molar-refractivity contribution in [3.05, 3.63) is 54.1 Å². The minimum Gasteiger partial charge on any atom is -0.497 e. The highest BCUT2D eigenvalue weighted by atomic mass is 32.2. The zero-order chi connectivity index (χ0) is 23.1. The van der Waals surface area contributed by atoms with Gasteiger partial charge in [0, 0.05) is 13.1 Å². The molecule has 2 aromatic rings. The Morgan fingerprint density at radius 3 is 2.56 bits per heavy atom. The number of sulfonamides is 1. The van der Waals surface area contributed by atoms with Gasteiger partial charge in [-0.15, -0.1) is 0 Å². The molecule has 2 aromatic carbocycles. The van der Waals surface area contributed by atoms with Crippen LogP contribution in [0.1, 0.15) is 38.2 Å². The molecule has 1 N–H and O–H groups in total. The van der Waals surface area contributed by atoms with E-state index in [4.69, 9.17) is 9.47 Å². The van der Waals surface area contributed by atoms with Crippen LogP contribution < -0.4 is 14.8 Å². The first-order valence-electron chi connectivity index (χ1n) is 11.0. The number of methoxy groups -OCH3 is 1. The lowest BCUT2D eigenvalue weighted by Gasteiger charge is -2.31. The van der Waals surface area contributed by atoms with Crippen molar-refractivity contribution in [2.45, 2.75) is 37.5 Å². The first-order valence-corrected chi connectivity index (χ1v) is 12.4. The molecule has 174 valence electrons. The van der Waals surface area contributed by atoms with Gasteiger partial charge in [-0.1, -0.05) is 32.0 Å². The third kappa shape index (κ3) is 5.81. The summed E-state index contributed by atoms with van der Waals surface area (Å²) >= 11 is 0. The molecule has 1 aliphatic rings. The second kappa shape index (κ2) is 10.8. The number of nitrogens with zero attached hydrogens (tertiary/aromatic N) is 1. The number of ether oxygens (including phenoxy) is 2. The van der Waals surface area contributed by atoms with Crippen molar-refractivity contribution in [2.24, 2.45) is 5.92 Å². The maximum atomic E-state index is 13.0. The van der Waals surface area contributed by atoms with E-state index in [0.29, 0.717) is 44.2 Å². The van der Waals surface area contributed by atoms with E-state index in [1.165, 1.54) is 23.5 Å². The molecule has 0 saturated carbocycles. The maximum Gasteiger partial charge on any atom is 0.243 e. The van der Waals surface area contributed by atoms with E-state index in [0.717, 1.165) is 11.3 Å². The van der Waals surface area contributed by atoms with Gasteiger partial charge in [-0.05, 0) is 54.7 Å². The molecule has 1 aliphatic heterocycles. The van der Waals surface area contributed by atoms with Crippen molar-refractivity contribution in [2.75, 3.05) is 33.4 Å². The fourth-order valence-corrected chi connectivity index (χ4v) is 5.36. The number of para-hydroxylation sites is 1. The molecule has 1 unspecified atom stereocenters. The molecule has 1 heterocycles. The minimum absolute atomic E-state index is 0.139. The number of rotatable bonds is 9. The highest BCUT2D eigenvalue weighted by molar-refractivity contribution is 7.89. The van der Waals surface area contributed by atoms with Gasteiger partial charge < -0.3 is 14.8 Å². The number of hydrogen-bond donors (Lipinski definition) is 1. The molecule has 0 radical (unpaired) electrons. The fourth-order valence-electron chi connectivity index (χ4n) is 3.84. The SMILES string of the molecule is COc1ccc(S(=O)(=O)N2CCCC(C(=O)NCCOc3ccccc3C(C)C)C2)cc1. The van der Waals surface area contributed by atoms with Crippen molar-refractivity contribution in [1.29, 1.82) is 0 Å². The molecule has 0 aromatic heterocycles. The van der Waals surface area contributed by atoms with Gasteiger partial charge in [-0.25, -0.2) is 8.42 Å². The number of carbonyl (C=O) groups excluding carboxylic acids is 1. The number of nitrogens with one attached hydrogen (secondary N) is 1. The molecular weight excluding hydrogens is 428 g/mol. The highest BCUT2D eigenvalue weighted by Gasteiger charge is 2.33. The molecule has 8 heteroatoms. The van der Waals surface area contributed by atoms with E-state index in [1.807, 2.05) is 24.3 Å². The van der Waals surface area contributed by atoms with Crippen LogP contribution in [0.15, 0.2) is 53.4 Å². The van der Waals surface area contributed by atoms with E-state index in [1.54, 1.807) is 12.1 Å². The number of piperidine rings is 1. The Labute approximate surface area is 190 Å². The second-order valence-electron chi connectivity index (χ2n) is 8.21. The largest absolute Gasteiger partial charge is 0.497 e. The quantitative estimate of drug-likeness (QED) is 0.580. The summed E-state index contributed by atoms with van der Waals surface area (Å²) in [6.45, 7) is 5.53. The lowest BCUT2D eigenvalue weighted by atomic mass is 9.99. The van der Waals surface area contributed by atoms with Crippen molar-refractivity contribution < 1.29 is 22.7 Å². The standard InChI is InChI=1S/C24H32N2O5S/c1-18(2)22-8-4-5-9-23(22)31-16-14-25-24(27)19-7-6-15-26(17-19)32(28,29)21-12-10-20(30-3)11-13-21/h4-5,8-13,18-19H,6-7,14-17H2,1-3H3,(H,25,27). The molecule has 1 atom stereocenters. The third-order valence-electron chi connectivity index (χ3n) is 5.65. The van der Waals surface area contributed by atoms with Crippen LogP contribution in [-0.4, -0.2) is 52.0 Å². The Bertz CT molecular complexity index is 1010. The Balaban J connectivity index is 1.53. The molecule has 1 fully saturated rings. The molecule has 7 nitrogen and oxygen atoms in total. The number of hydrogen-bond acceptors (Lipinski definition) is 5. The summed E-state index contributed by atoms with van der Waals surface area (Å²) in [5.74, 6) is 1.26. The van der Waals surface area contributed by atoms with Crippen LogP contribution in [0.5, 0.6) is 11.5 Å². The van der Waals surface area contributed by atoms with Gasteiger partial charge in [0.15, 0.2) is 0 Å². The topological polar surface area (TPSA) is 84.9 Å². The summed E-state index contributed by atoms with van der Waals surface area (Å²) in [5.41, 5.74) is 1.13. The normalized spacial score (nSPS) is 17.2. The summed E-state index contributed by atoms with van der Waals surface area (Å²) in [6.07, 6.45) is 1.31. The van der Waals surface area contributed by atoms with E-state index >= 15 is 0 Å². The second-order valence-corrected chi connectivity index (χ2v) is 10.1. The predicted octanol–water partition coefficient (Wildman–Crippen LogP) is 3.41. The van der Waals surface area contributed by atoms with Gasteiger partial charge in [0.1, 0.15) is 18.1 Å².